The molecule has 0 N–H and O–H groups in total. The molecule has 1 aliphatic carbocycles. The summed E-state index contributed by atoms with van der Waals surface area (Å²) in [6.45, 7) is 4.67. The van der Waals surface area contributed by atoms with Gasteiger partial charge in [-0.2, -0.15) is 0 Å². The van der Waals surface area contributed by atoms with E-state index in [1.54, 1.807) is 6.20 Å². The van der Waals surface area contributed by atoms with E-state index in [1.165, 1.54) is 76.8 Å². The maximum absolute atomic E-state index is 5.24. The van der Waals surface area contributed by atoms with E-state index >= 15 is 0 Å². The minimum absolute atomic E-state index is 0.0515. The number of hydrogen-bond acceptors (Lipinski definition) is 3. The lowest BCUT2D eigenvalue weighted by molar-refractivity contribution is 0.660. The normalized spacial score (nSPS) is 12.9. The van der Waals surface area contributed by atoms with Crippen molar-refractivity contribution in [3.05, 3.63) is 212 Å². The molecule has 0 bridgehead atoms. The average Bonchev–Trinajstić information content (AvgIpc) is 3.56. The van der Waals surface area contributed by atoms with Crippen molar-refractivity contribution in [1.29, 1.82) is 0 Å². The van der Waals surface area contributed by atoms with Crippen LogP contribution in [0.5, 0.6) is 0 Å². The Morgan fingerprint density at radius 1 is 0.361 bits per heavy atom. The number of pyridine rings is 1. The molecule has 0 spiro atoms. The molecule has 286 valence electrons. The molecule has 3 heteroatoms. The Labute approximate surface area is 355 Å². The van der Waals surface area contributed by atoms with Crippen molar-refractivity contribution in [3.8, 4) is 78.4 Å². The molecule has 0 radical (unpaired) electrons. The summed E-state index contributed by atoms with van der Waals surface area (Å²) < 4.78 is 0. The van der Waals surface area contributed by atoms with Crippen LogP contribution in [0, 0.1) is 0 Å². The van der Waals surface area contributed by atoms with Crippen LogP contribution in [-0.2, 0) is 5.41 Å². The van der Waals surface area contributed by atoms with Crippen molar-refractivity contribution in [2.24, 2.45) is 0 Å². The van der Waals surface area contributed by atoms with Crippen LogP contribution in [0.25, 0.3) is 111 Å². The third kappa shape index (κ3) is 5.77. The van der Waals surface area contributed by atoms with Crippen molar-refractivity contribution in [2.75, 3.05) is 0 Å². The van der Waals surface area contributed by atoms with Crippen molar-refractivity contribution >= 4 is 32.3 Å². The molecule has 0 unspecified atom stereocenters. The van der Waals surface area contributed by atoms with Crippen LogP contribution in [0.1, 0.15) is 25.0 Å². The van der Waals surface area contributed by atoms with Gasteiger partial charge in [0.2, 0.25) is 0 Å². The van der Waals surface area contributed by atoms with Crippen molar-refractivity contribution in [2.45, 2.75) is 19.3 Å². The first-order valence-electron chi connectivity index (χ1n) is 21.0. The summed E-state index contributed by atoms with van der Waals surface area (Å²) in [5, 5.41) is 7.75. The second-order valence-corrected chi connectivity index (χ2v) is 16.8. The lowest BCUT2D eigenvalue weighted by Gasteiger charge is -2.22. The quantitative estimate of drug-likeness (QED) is 0.158. The lowest BCUT2D eigenvalue weighted by atomic mass is 9.81. The van der Waals surface area contributed by atoms with Gasteiger partial charge in [-0.25, -0.2) is 9.97 Å². The van der Waals surface area contributed by atoms with Crippen LogP contribution in [-0.4, -0.2) is 15.0 Å². The lowest BCUT2D eigenvalue weighted by Crippen LogP contribution is -2.14. The van der Waals surface area contributed by atoms with Gasteiger partial charge in [0.1, 0.15) is 0 Å². The Balaban J connectivity index is 0.937. The number of hydrogen-bond donors (Lipinski definition) is 0. The fourth-order valence-corrected chi connectivity index (χ4v) is 9.77. The Morgan fingerprint density at radius 3 is 1.69 bits per heavy atom. The van der Waals surface area contributed by atoms with Gasteiger partial charge < -0.3 is 0 Å². The van der Waals surface area contributed by atoms with E-state index in [4.69, 9.17) is 9.97 Å². The molecule has 0 saturated heterocycles. The van der Waals surface area contributed by atoms with Crippen LogP contribution < -0.4 is 0 Å². The van der Waals surface area contributed by atoms with Crippen LogP contribution in [0.3, 0.4) is 0 Å². The summed E-state index contributed by atoms with van der Waals surface area (Å²) in [6.07, 6.45) is 3.70. The number of fused-ring (bicyclic) bond motifs is 3. The largest absolute Gasteiger partial charge is 0.264 e. The van der Waals surface area contributed by atoms with E-state index in [0.29, 0.717) is 5.82 Å². The maximum atomic E-state index is 5.24. The minimum Gasteiger partial charge on any atom is -0.264 e. The topological polar surface area (TPSA) is 38.7 Å². The van der Waals surface area contributed by atoms with Gasteiger partial charge in [-0.1, -0.05) is 178 Å². The van der Waals surface area contributed by atoms with Gasteiger partial charge in [-0.15, -0.1) is 0 Å². The molecule has 11 aromatic rings. The summed E-state index contributed by atoms with van der Waals surface area (Å²) in [4.78, 5) is 14.9. The molecule has 0 fully saturated rings. The third-order valence-corrected chi connectivity index (χ3v) is 13.0. The molecular weight excluding hydrogens is 739 g/mol. The molecule has 12 rings (SSSR count). The van der Waals surface area contributed by atoms with Gasteiger partial charge in [-0.3, -0.25) is 4.98 Å². The van der Waals surface area contributed by atoms with E-state index in [2.05, 4.69) is 201 Å². The first kappa shape index (κ1) is 35.2. The maximum Gasteiger partial charge on any atom is 0.160 e. The Morgan fingerprint density at radius 2 is 0.934 bits per heavy atom. The molecule has 2 aromatic heterocycles. The van der Waals surface area contributed by atoms with Crippen molar-refractivity contribution in [1.82, 2.24) is 15.0 Å². The number of aromatic nitrogens is 3. The van der Waals surface area contributed by atoms with E-state index in [1.807, 2.05) is 12.3 Å². The van der Waals surface area contributed by atoms with E-state index in [-0.39, 0.29) is 5.41 Å². The summed E-state index contributed by atoms with van der Waals surface area (Å²) >= 11 is 0. The smallest absolute Gasteiger partial charge is 0.160 e. The molecular formula is C58H39N3. The highest BCUT2D eigenvalue weighted by atomic mass is 14.9. The molecule has 0 aliphatic heterocycles. The first-order valence-corrected chi connectivity index (χ1v) is 21.0. The van der Waals surface area contributed by atoms with Gasteiger partial charge in [-0.05, 0) is 107 Å². The van der Waals surface area contributed by atoms with Crippen LogP contribution in [0.2, 0.25) is 0 Å². The van der Waals surface area contributed by atoms with Gasteiger partial charge in [0.15, 0.2) is 5.82 Å². The van der Waals surface area contributed by atoms with E-state index in [0.717, 1.165) is 39.2 Å². The van der Waals surface area contributed by atoms with Gasteiger partial charge in [0, 0.05) is 40.1 Å². The Kier molecular flexibility index (Phi) is 7.88. The van der Waals surface area contributed by atoms with Crippen LogP contribution in [0.4, 0.5) is 0 Å². The molecule has 1 aliphatic rings. The zero-order chi connectivity index (χ0) is 40.7. The van der Waals surface area contributed by atoms with Crippen molar-refractivity contribution in [3.63, 3.8) is 0 Å². The van der Waals surface area contributed by atoms with Crippen LogP contribution >= 0.6 is 0 Å². The van der Waals surface area contributed by atoms with Crippen molar-refractivity contribution < 1.29 is 0 Å². The summed E-state index contributed by atoms with van der Waals surface area (Å²) in [5.41, 5.74) is 17.1. The third-order valence-electron chi connectivity index (χ3n) is 13.0. The average molecular weight is 778 g/mol. The highest BCUT2D eigenvalue weighted by molar-refractivity contribution is 6.25. The predicted molar refractivity (Wildman–Crippen MR) is 254 cm³/mol. The Hall–Kier alpha value is -7.75. The molecule has 0 saturated carbocycles. The summed E-state index contributed by atoms with van der Waals surface area (Å²) in [7, 11) is 0. The first-order chi connectivity index (χ1) is 30.0. The zero-order valence-electron chi connectivity index (χ0n) is 33.9. The summed E-state index contributed by atoms with van der Waals surface area (Å²) in [6, 6.07) is 68.2. The number of nitrogens with zero attached hydrogens (tertiary/aromatic N) is 3. The molecule has 2 heterocycles. The van der Waals surface area contributed by atoms with Gasteiger partial charge >= 0.3 is 0 Å². The molecule has 3 nitrogen and oxygen atoms in total. The van der Waals surface area contributed by atoms with E-state index < -0.39 is 0 Å². The second kappa shape index (κ2) is 13.7. The SMILES string of the molecule is CC1(C)c2ccccc2-c2ccc(-c3ccc(-c4cc(-c5ccc(-c6ccc7ccc8cccc9ccc6c7c89)cc5)nc(-c5cccc(-c6cccnc6)c5)n4)cc3)cc21. The molecule has 0 amide bonds. The second-order valence-electron chi connectivity index (χ2n) is 16.8. The monoisotopic (exact) mass is 777 g/mol. The standard InChI is InChI=1S/C58H39N3/c1-58(2)51-14-4-3-13-48(51)49-29-27-44(33-52(49)58)36-15-19-38(20-16-36)53-34-54(61-57(60-53)45-11-6-10-43(32-45)46-12-7-31-59-35-46)39-21-17-37(18-22-39)47-28-25-42-24-23-40-8-5-9-41-26-30-50(47)56(42)55(40)41/h3-35H,1-2H3. The molecule has 61 heavy (non-hydrogen) atoms. The fourth-order valence-electron chi connectivity index (χ4n) is 9.77. The van der Waals surface area contributed by atoms with Gasteiger partial charge in [0.25, 0.3) is 0 Å². The van der Waals surface area contributed by atoms with Gasteiger partial charge in [0.05, 0.1) is 11.4 Å². The highest BCUT2D eigenvalue weighted by Crippen LogP contribution is 2.49. The number of rotatable bonds is 6. The highest BCUT2D eigenvalue weighted by Gasteiger charge is 2.35. The van der Waals surface area contributed by atoms with E-state index in [9.17, 15) is 0 Å². The molecule has 9 aromatic carbocycles. The zero-order valence-corrected chi connectivity index (χ0v) is 33.9. The van der Waals surface area contributed by atoms with Crippen LogP contribution in [0.15, 0.2) is 200 Å². The predicted octanol–water partition coefficient (Wildman–Crippen LogP) is 15.1. The summed E-state index contributed by atoms with van der Waals surface area (Å²) in [5.74, 6) is 0.679. The number of benzene rings is 9. The molecule has 0 atom stereocenters. The minimum atomic E-state index is -0.0515. The fraction of sp³-hybridized carbons (Fsp3) is 0.0517. The Bertz CT molecular complexity index is 3460.